The van der Waals surface area contributed by atoms with Crippen LogP contribution in [0, 0.1) is 17.0 Å². The summed E-state index contributed by atoms with van der Waals surface area (Å²) in [5.41, 5.74) is -0.924. The van der Waals surface area contributed by atoms with Crippen molar-refractivity contribution < 1.29 is 27.6 Å². The molecule has 0 spiro atoms. The number of anilines is 1. The highest BCUT2D eigenvalue weighted by Crippen LogP contribution is 2.41. The number of aryl methyl sites for hydroxylation is 1. The number of nitrogens with one attached hydrogen (secondary N) is 1. The number of carbonyl (C=O) groups excluding carboxylic acids is 1. The van der Waals surface area contributed by atoms with Gasteiger partial charge in [-0.3, -0.25) is 14.9 Å². The first-order valence-corrected chi connectivity index (χ1v) is 11.4. The van der Waals surface area contributed by atoms with Crippen LogP contribution in [0.3, 0.4) is 0 Å². The van der Waals surface area contributed by atoms with Crippen molar-refractivity contribution >= 4 is 34.5 Å². The normalized spacial score (nSPS) is 13.5. The summed E-state index contributed by atoms with van der Waals surface area (Å²) in [5, 5.41) is 18.2. The lowest BCUT2D eigenvalue weighted by Gasteiger charge is -2.12. The van der Waals surface area contributed by atoms with E-state index in [0.29, 0.717) is 28.1 Å². The largest absolute Gasteiger partial charge is 0.457 e. The number of nitrogens with zero attached hydrogens (tertiary/aromatic N) is 4. The Hall–Kier alpha value is -4.19. The van der Waals surface area contributed by atoms with Gasteiger partial charge in [-0.15, -0.1) is 0 Å². The van der Waals surface area contributed by atoms with Crippen molar-refractivity contribution in [3.63, 3.8) is 0 Å². The first-order valence-electron chi connectivity index (χ1n) is 11.0. The van der Waals surface area contributed by atoms with E-state index in [9.17, 15) is 28.1 Å². The average Bonchev–Trinajstić information content (AvgIpc) is 3.59. The molecule has 37 heavy (non-hydrogen) atoms. The number of aromatic nitrogens is 3. The summed E-state index contributed by atoms with van der Waals surface area (Å²) >= 11 is 6.02. The summed E-state index contributed by atoms with van der Waals surface area (Å²) in [6.07, 6.45) is -2.31. The fraction of sp³-hybridized carbons (Fsp3) is 0.208. The molecule has 2 aromatic heterocycles. The van der Waals surface area contributed by atoms with E-state index in [2.05, 4.69) is 15.4 Å². The smallest absolute Gasteiger partial charge is 0.433 e. The molecule has 0 atom stereocenters. The van der Waals surface area contributed by atoms with Crippen LogP contribution >= 0.6 is 11.6 Å². The van der Waals surface area contributed by atoms with Gasteiger partial charge in [0.1, 0.15) is 22.8 Å². The number of carbonyl (C=O) groups is 1. The maximum absolute atomic E-state index is 13.7. The van der Waals surface area contributed by atoms with Crippen molar-refractivity contribution in [2.45, 2.75) is 31.9 Å². The molecular weight excluding hydrogens is 515 g/mol. The molecule has 9 nitrogen and oxygen atoms in total. The molecule has 0 bridgehead atoms. The Kier molecular flexibility index (Phi) is 5.98. The van der Waals surface area contributed by atoms with Crippen molar-refractivity contribution in [3.8, 4) is 11.5 Å². The van der Waals surface area contributed by atoms with Gasteiger partial charge in [-0.25, -0.2) is 9.50 Å². The van der Waals surface area contributed by atoms with Crippen LogP contribution in [0.15, 0.2) is 48.7 Å². The van der Waals surface area contributed by atoms with E-state index in [1.54, 1.807) is 25.1 Å². The zero-order valence-electron chi connectivity index (χ0n) is 19.0. The summed E-state index contributed by atoms with van der Waals surface area (Å²) < 4.78 is 47.3. The minimum atomic E-state index is -4.71. The number of fused-ring (bicyclic) bond motifs is 1. The number of hydrogen-bond donors (Lipinski definition) is 1. The highest BCUT2D eigenvalue weighted by Gasteiger charge is 2.38. The van der Waals surface area contributed by atoms with Gasteiger partial charge in [0.25, 0.3) is 11.6 Å². The van der Waals surface area contributed by atoms with Crippen LogP contribution in [0.5, 0.6) is 11.5 Å². The lowest BCUT2D eigenvalue weighted by Crippen LogP contribution is -2.16. The number of ether oxygens (including phenoxy) is 1. The fourth-order valence-corrected chi connectivity index (χ4v) is 3.88. The van der Waals surface area contributed by atoms with E-state index < -0.39 is 22.7 Å². The van der Waals surface area contributed by atoms with E-state index >= 15 is 0 Å². The number of benzene rings is 2. The van der Waals surface area contributed by atoms with E-state index in [-0.39, 0.29) is 39.9 Å². The number of amides is 1. The lowest BCUT2D eigenvalue weighted by atomic mass is 10.2. The molecule has 1 N–H and O–H groups in total. The third-order valence-electron chi connectivity index (χ3n) is 5.75. The number of non-ortho nitro benzene ring substituents is 1. The molecule has 0 radical (unpaired) electrons. The Morgan fingerprint density at radius 2 is 1.95 bits per heavy atom. The number of alkyl halides is 3. The summed E-state index contributed by atoms with van der Waals surface area (Å²) in [6, 6.07) is 9.40. The molecule has 0 unspecified atom stereocenters. The van der Waals surface area contributed by atoms with Crippen LogP contribution in [-0.2, 0) is 6.18 Å². The second kappa shape index (κ2) is 9.04. The fourth-order valence-electron chi connectivity index (χ4n) is 3.77. The molecule has 0 aliphatic heterocycles. The van der Waals surface area contributed by atoms with E-state index in [0.717, 1.165) is 23.9 Å². The van der Waals surface area contributed by atoms with Crippen LogP contribution in [0.4, 0.5) is 24.5 Å². The second-order valence-corrected chi connectivity index (χ2v) is 8.98. The van der Waals surface area contributed by atoms with E-state index in [1.165, 1.54) is 12.1 Å². The Labute approximate surface area is 212 Å². The molecule has 1 amide bonds. The van der Waals surface area contributed by atoms with Gasteiger partial charge in [-0.1, -0.05) is 11.6 Å². The minimum absolute atomic E-state index is 0.00590. The Balaban J connectivity index is 1.49. The standard InChI is InChI=1S/C24H17ClF3N5O4/c1-12-6-16(4-5-19(12)25)37-17-8-14(7-15(9-17)33(35)36)30-23(34)18-11-29-32-21(24(26,27)28)10-20(13-2-3-13)31-22(18)32/h4-11,13H,2-3H2,1H3,(H,30,34). The van der Waals surface area contributed by atoms with Gasteiger partial charge in [0.15, 0.2) is 5.65 Å². The summed E-state index contributed by atoms with van der Waals surface area (Å²) in [7, 11) is 0. The number of halogens is 4. The van der Waals surface area contributed by atoms with Crippen molar-refractivity contribution in [3.05, 3.63) is 86.3 Å². The van der Waals surface area contributed by atoms with Crippen molar-refractivity contribution in [2.75, 3.05) is 5.32 Å². The first-order chi connectivity index (χ1) is 17.5. The second-order valence-electron chi connectivity index (χ2n) is 8.57. The molecule has 1 aliphatic rings. The van der Waals surface area contributed by atoms with Gasteiger partial charge in [-0.05, 0) is 49.6 Å². The number of nitro benzene ring substituents is 1. The molecule has 1 aliphatic carbocycles. The zero-order chi connectivity index (χ0) is 26.5. The Morgan fingerprint density at radius 1 is 1.19 bits per heavy atom. The van der Waals surface area contributed by atoms with Gasteiger partial charge in [0.05, 0.1) is 22.9 Å². The topological polar surface area (TPSA) is 112 Å². The average molecular weight is 532 g/mol. The van der Waals surface area contributed by atoms with Crippen molar-refractivity contribution in [1.29, 1.82) is 0 Å². The summed E-state index contributed by atoms with van der Waals surface area (Å²) in [4.78, 5) is 28.1. The molecule has 190 valence electrons. The van der Waals surface area contributed by atoms with Crippen LogP contribution in [-0.4, -0.2) is 25.4 Å². The maximum atomic E-state index is 13.7. The van der Waals surface area contributed by atoms with Gasteiger partial charge in [0, 0.05) is 28.8 Å². The molecule has 4 aromatic rings. The molecule has 5 rings (SSSR count). The molecule has 2 aromatic carbocycles. The van der Waals surface area contributed by atoms with Gasteiger partial charge >= 0.3 is 6.18 Å². The Morgan fingerprint density at radius 3 is 2.59 bits per heavy atom. The molecular formula is C24H17ClF3N5O4. The minimum Gasteiger partial charge on any atom is -0.457 e. The van der Waals surface area contributed by atoms with Gasteiger partial charge < -0.3 is 10.1 Å². The van der Waals surface area contributed by atoms with Gasteiger partial charge in [0.2, 0.25) is 0 Å². The maximum Gasteiger partial charge on any atom is 0.433 e. The van der Waals surface area contributed by atoms with E-state index in [4.69, 9.17) is 16.3 Å². The van der Waals surface area contributed by atoms with Crippen LogP contribution in [0.1, 0.15) is 46.1 Å². The quantitative estimate of drug-likeness (QED) is 0.223. The predicted octanol–water partition coefficient (Wildman–Crippen LogP) is 6.54. The van der Waals surface area contributed by atoms with Crippen molar-refractivity contribution in [2.24, 2.45) is 0 Å². The monoisotopic (exact) mass is 531 g/mol. The molecule has 0 saturated heterocycles. The first kappa shape index (κ1) is 24.5. The molecule has 1 fully saturated rings. The molecule has 2 heterocycles. The predicted molar refractivity (Wildman–Crippen MR) is 127 cm³/mol. The molecule has 1 saturated carbocycles. The van der Waals surface area contributed by atoms with Crippen LogP contribution < -0.4 is 10.1 Å². The summed E-state index contributed by atoms with van der Waals surface area (Å²) in [6.45, 7) is 1.76. The lowest BCUT2D eigenvalue weighted by molar-refractivity contribution is -0.384. The number of nitro groups is 1. The third-order valence-corrected chi connectivity index (χ3v) is 6.17. The SMILES string of the molecule is Cc1cc(Oc2cc(NC(=O)c3cnn4c(C(F)(F)F)cc(C5CC5)nc34)cc([N+](=O)[O-])c2)ccc1Cl. The third kappa shape index (κ3) is 5.05. The highest BCUT2D eigenvalue weighted by atomic mass is 35.5. The van der Waals surface area contributed by atoms with Gasteiger partial charge in [-0.2, -0.15) is 18.3 Å². The highest BCUT2D eigenvalue weighted by molar-refractivity contribution is 6.31. The van der Waals surface area contributed by atoms with E-state index in [1.807, 2.05) is 0 Å². The zero-order valence-corrected chi connectivity index (χ0v) is 19.8. The Bertz CT molecular complexity index is 1570. The summed E-state index contributed by atoms with van der Waals surface area (Å²) in [5.74, 6) is -0.527. The van der Waals surface area contributed by atoms with Crippen LogP contribution in [0.2, 0.25) is 5.02 Å². The number of rotatable bonds is 6. The molecule has 13 heteroatoms. The van der Waals surface area contributed by atoms with Crippen molar-refractivity contribution in [1.82, 2.24) is 14.6 Å². The number of hydrogen-bond acceptors (Lipinski definition) is 6. The van der Waals surface area contributed by atoms with Crippen LogP contribution in [0.25, 0.3) is 5.65 Å².